The van der Waals surface area contributed by atoms with Gasteiger partial charge in [0.2, 0.25) is 0 Å². The SMILES string of the molecule is COCCCNC(=O)C(=O)N/N=C\c1ccccc1OCc1cccc(F)c1. The Morgan fingerprint density at radius 1 is 1.14 bits per heavy atom. The highest BCUT2D eigenvalue weighted by Crippen LogP contribution is 2.17. The van der Waals surface area contributed by atoms with Gasteiger partial charge in [0.1, 0.15) is 18.2 Å². The van der Waals surface area contributed by atoms with Crippen LogP contribution in [0.25, 0.3) is 0 Å². The lowest BCUT2D eigenvalue weighted by Gasteiger charge is -2.09. The fourth-order valence-corrected chi connectivity index (χ4v) is 2.22. The van der Waals surface area contributed by atoms with Gasteiger partial charge < -0.3 is 14.8 Å². The molecule has 0 unspecified atom stereocenters. The molecule has 0 aliphatic rings. The first-order valence-electron chi connectivity index (χ1n) is 8.66. The first-order chi connectivity index (χ1) is 13.6. The third-order valence-electron chi connectivity index (χ3n) is 3.59. The first-order valence-corrected chi connectivity index (χ1v) is 8.66. The molecule has 0 bridgehead atoms. The minimum atomic E-state index is -0.869. The highest BCUT2D eigenvalue weighted by atomic mass is 19.1. The van der Waals surface area contributed by atoms with Gasteiger partial charge in [-0.25, -0.2) is 9.82 Å². The van der Waals surface area contributed by atoms with E-state index < -0.39 is 11.8 Å². The number of hydrazone groups is 1. The maximum atomic E-state index is 13.2. The van der Waals surface area contributed by atoms with Crippen molar-refractivity contribution in [1.82, 2.24) is 10.7 Å². The van der Waals surface area contributed by atoms with Crippen LogP contribution in [0.3, 0.4) is 0 Å². The van der Waals surface area contributed by atoms with Gasteiger partial charge in [-0.3, -0.25) is 9.59 Å². The predicted octanol–water partition coefficient (Wildman–Crippen LogP) is 2.01. The molecular formula is C20H22FN3O4. The van der Waals surface area contributed by atoms with E-state index in [-0.39, 0.29) is 12.4 Å². The number of nitrogens with zero attached hydrogens (tertiary/aromatic N) is 1. The third-order valence-corrected chi connectivity index (χ3v) is 3.59. The standard InChI is InChI=1S/C20H22FN3O4/c1-27-11-5-10-22-19(25)20(26)24-23-13-16-7-2-3-9-18(16)28-14-15-6-4-8-17(21)12-15/h2-4,6-9,12-13H,5,10-11,14H2,1H3,(H,22,25)(H,24,26)/b23-13-. The van der Waals surface area contributed by atoms with Gasteiger partial charge in [0, 0.05) is 25.8 Å². The molecule has 0 fully saturated rings. The van der Waals surface area contributed by atoms with Crippen LogP contribution >= 0.6 is 0 Å². The minimum Gasteiger partial charge on any atom is -0.488 e. The summed E-state index contributed by atoms with van der Waals surface area (Å²) in [6.45, 7) is 1.01. The molecule has 0 spiro atoms. The average Bonchev–Trinajstić information content (AvgIpc) is 2.70. The number of carbonyl (C=O) groups excluding carboxylic acids is 2. The molecule has 0 saturated carbocycles. The second kappa shape index (κ2) is 11.5. The number of amides is 2. The normalized spacial score (nSPS) is 10.6. The summed E-state index contributed by atoms with van der Waals surface area (Å²) < 4.78 is 23.8. The Bertz CT molecular complexity index is 827. The van der Waals surface area contributed by atoms with Crippen LogP contribution in [0.1, 0.15) is 17.5 Å². The predicted molar refractivity (Wildman–Crippen MR) is 102 cm³/mol. The molecular weight excluding hydrogens is 365 g/mol. The van der Waals surface area contributed by atoms with Gasteiger partial charge in [0.25, 0.3) is 0 Å². The van der Waals surface area contributed by atoms with E-state index in [2.05, 4.69) is 15.8 Å². The van der Waals surface area contributed by atoms with Crippen LogP contribution in [0.5, 0.6) is 5.75 Å². The molecule has 2 N–H and O–H groups in total. The zero-order valence-electron chi connectivity index (χ0n) is 15.5. The molecule has 8 heteroatoms. The number of hydrogen-bond donors (Lipinski definition) is 2. The van der Waals surface area contributed by atoms with Crippen molar-refractivity contribution in [2.75, 3.05) is 20.3 Å². The van der Waals surface area contributed by atoms with E-state index in [1.807, 2.05) is 0 Å². The summed E-state index contributed by atoms with van der Waals surface area (Å²) in [7, 11) is 1.56. The molecule has 148 valence electrons. The highest BCUT2D eigenvalue weighted by Gasteiger charge is 2.11. The molecule has 2 amide bonds. The lowest BCUT2D eigenvalue weighted by Crippen LogP contribution is -2.38. The molecule has 0 aliphatic carbocycles. The Labute approximate surface area is 162 Å². The van der Waals surface area contributed by atoms with Crippen molar-refractivity contribution in [2.45, 2.75) is 13.0 Å². The fraction of sp³-hybridized carbons (Fsp3) is 0.250. The quantitative estimate of drug-likeness (QED) is 0.298. The number of nitrogens with one attached hydrogen (secondary N) is 2. The van der Waals surface area contributed by atoms with E-state index in [0.717, 1.165) is 0 Å². The summed E-state index contributed by atoms with van der Waals surface area (Å²) in [5.41, 5.74) is 3.44. The number of benzene rings is 2. The molecule has 7 nitrogen and oxygen atoms in total. The Morgan fingerprint density at radius 3 is 2.75 bits per heavy atom. The van der Waals surface area contributed by atoms with Gasteiger partial charge in [0.05, 0.1) is 6.21 Å². The van der Waals surface area contributed by atoms with Crippen LogP contribution < -0.4 is 15.5 Å². The van der Waals surface area contributed by atoms with Crippen LogP contribution in [0.15, 0.2) is 53.6 Å². The number of halogens is 1. The monoisotopic (exact) mass is 387 g/mol. The van der Waals surface area contributed by atoms with Crippen LogP contribution in [0, 0.1) is 5.82 Å². The minimum absolute atomic E-state index is 0.179. The lowest BCUT2D eigenvalue weighted by atomic mass is 10.2. The van der Waals surface area contributed by atoms with Crippen LogP contribution in [0.4, 0.5) is 4.39 Å². The zero-order valence-corrected chi connectivity index (χ0v) is 15.5. The van der Waals surface area contributed by atoms with Gasteiger partial charge in [0.15, 0.2) is 0 Å². The van der Waals surface area contributed by atoms with Gasteiger partial charge >= 0.3 is 11.8 Å². The highest BCUT2D eigenvalue weighted by molar-refractivity contribution is 6.35. The maximum Gasteiger partial charge on any atom is 0.329 e. The Kier molecular flexibility index (Phi) is 8.61. The second-order valence-electron chi connectivity index (χ2n) is 5.76. The Morgan fingerprint density at radius 2 is 1.96 bits per heavy atom. The molecule has 2 aromatic carbocycles. The molecule has 0 aromatic heterocycles. The summed E-state index contributed by atoms with van der Waals surface area (Å²) in [6, 6.07) is 13.1. The number of ether oxygens (including phenoxy) is 2. The first kappa shape index (κ1) is 21.0. The Balaban J connectivity index is 1.88. The van der Waals surface area contributed by atoms with Crippen molar-refractivity contribution < 1.29 is 23.5 Å². The molecule has 0 heterocycles. The van der Waals surface area contributed by atoms with E-state index in [1.165, 1.54) is 18.3 Å². The Hall–Kier alpha value is -3.26. The molecule has 0 radical (unpaired) electrons. The molecule has 0 saturated heterocycles. The summed E-state index contributed by atoms with van der Waals surface area (Å²) in [5, 5.41) is 6.25. The van der Waals surface area contributed by atoms with Crippen molar-refractivity contribution in [3.63, 3.8) is 0 Å². The zero-order chi connectivity index (χ0) is 20.2. The third kappa shape index (κ3) is 7.16. The summed E-state index contributed by atoms with van der Waals surface area (Å²) in [5.74, 6) is -1.47. The van der Waals surface area contributed by atoms with Crippen LogP contribution in [-0.4, -0.2) is 38.3 Å². The molecule has 2 aromatic rings. The van der Waals surface area contributed by atoms with Crippen molar-refractivity contribution in [2.24, 2.45) is 5.10 Å². The molecule has 28 heavy (non-hydrogen) atoms. The maximum absolute atomic E-state index is 13.2. The van der Waals surface area contributed by atoms with Gasteiger partial charge in [-0.15, -0.1) is 0 Å². The molecule has 2 rings (SSSR count). The van der Waals surface area contributed by atoms with Gasteiger partial charge in [-0.1, -0.05) is 24.3 Å². The van der Waals surface area contributed by atoms with E-state index >= 15 is 0 Å². The van der Waals surface area contributed by atoms with E-state index in [9.17, 15) is 14.0 Å². The lowest BCUT2D eigenvalue weighted by molar-refractivity contribution is -0.139. The van der Waals surface area contributed by atoms with E-state index in [0.29, 0.717) is 36.4 Å². The van der Waals surface area contributed by atoms with Crippen LogP contribution in [-0.2, 0) is 20.9 Å². The summed E-state index contributed by atoms with van der Waals surface area (Å²) >= 11 is 0. The number of methoxy groups -OCH3 is 1. The smallest absolute Gasteiger partial charge is 0.329 e. The van der Waals surface area contributed by atoms with E-state index in [4.69, 9.17) is 9.47 Å². The number of rotatable bonds is 9. The molecule has 0 aliphatic heterocycles. The summed E-state index contributed by atoms with van der Waals surface area (Å²) in [4.78, 5) is 23.3. The number of para-hydroxylation sites is 1. The van der Waals surface area contributed by atoms with Gasteiger partial charge in [-0.2, -0.15) is 5.10 Å². The van der Waals surface area contributed by atoms with E-state index in [1.54, 1.807) is 43.5 Å². The van der Waals surface area contributed by atoms with Gasteiger partial charge in [-0.05, 0) is 36.2 Å². The number of carbonyl (C=O) groups is 2. The average molecular weight is 387 g/mol. The largest absolute Gasteiger partial charge is 0.488 e. The van der Waals surface area contributed by atoms with Crippen molar-refractivity contribution in [3.05, 3.63) is 65.5 Å². The second-order valence-corrected chi connectivity index (χ2v) is 5.76. The summed E-state index contributed by atoms with van der Waals surface area (Å²) in [6.07, 6.45) is 1.98. The van der Waals surface area contributed by atoms with Crippen molar-refractivity contribution in [1.29, 1.82) is 0 Å². The number of hydrogen-bond acceptors (Lipinski definition) is 5. The fourth-order valence-electron chi connectivity index (χ4n) is 2.22. The van der Waals surface area contributed by atoms with Crippen molar-refractivity contribution >= 4 is 18.0 Å². The van der Waals surface area contributed by atoms with Crippen molar-refractivity contribution in [3.8, 4) is 5.75 Å². The van der Waals surface area contributed by atoms with Crippen LogP contribution in [0.2, 0.25) is 0 Å². The molecule has 0 atom stereocenters. The topological polar surface area (TPSA) is 89.0 Å².